The standard InChI is InChI=1S/C25H27N3O5S/c1-34(30,31)23-9-7-21(8-10-23)22-15-26-24(27-16-22)32-17-20-11-13-28(14-12-20)25(29)33-18-19-5-3-2-4-6-19/h2-10,15-16,20H,11-14,17-18H2,1H3. The number of amides is 1. The van der Waals surface area contributed by atoms with Crippen molar-refractivity contribution in [2.45, 2.75) is 24.3 Å². The Bertz CT molecular complexity index is 1190. The first-order chi connectivity index (χ1) is 16.4. The Morgan fingerprint density at radius 3 is 2.24 bits per heavy atom. The number of likely N-dealkylation sites (tertiary alicyclic amines) is 1. The van der Waals surface area contributed by atoms with Crippen molar-refractivity contribution in [2.24, 2.45) is 5.92 Å². The van der Waals surface area contributed by atoms with Crippen LogP contribution >= 0.6 is 0 Å². The third-order valence-corrected chi connectivity index (χ3v) is 6.90. The molecule has 1 aliphatic rings. The molecule has 0 N–H and O–H groups in total. The summed E-state index contributed by atoms with van der Waals surface area (Å²) in [4.78, 5) is 22.8. The molecule has 9 heteroatoms. The summed E-state index contributed by atoms with van der Waals surface area (Å²) in [6.07, 6.45) is 5.85. The Morgan fingerprint density at radius 2 is 1.62 bits per heavy atom. The van der Waals surface area contributed by atoms with Gasteiger partial charge < -0.3 is 14.4 Å². The molecule has 1 fully saturated rings. The maximum atomic E-state index is 12.3. The summed E-state index contributed by atoms with van der Waals surface area (Å²) in [5.41, 5.74) is 2.57. The number of sulfone groups is 1. The molecule has 2 heterocycles. The molecule has 1 aromatic heterocycles. The molecule has 0 saturated carbocycles. The van der Waals surface area contributed by atoms with Gasteiger partial charge in [-0.2, -0.15) is 0 Å². The van der Waals surface area contributed by atoms with Gasteiger partial charge in [-0.05, 0) is 42.0 Å². The van der Waals surface area contributed by atoms with Crippen molar-refractivity contribution in [1.29, 1.82) is 0 Å². The van der Waals surface area contributed by atoms with Gasteiger partial charge in [-0.1, -0.05) is 42.5 Å². The van der Waals surface area contributed by atoms with Crippen LogP contribution in [-0.2, 0) is 21.2 Å². The summed E-state index contributed by atoms with van der Waals surface area (Å²) >= 11 is 0. The lowest BCUT2D eigenvalue weighted by atomic mass is 9.98. The first-order valence-corrected chi connectivity index (χ1v) is 13.0. The zero-order valence-corrected chi connectivity index (χ0v) is 19.8. The first kappa shape index (κ1) is 23.7. The molecule has 1 saturated heterocycles. The third-order valence-electron chi connectivity index (χ3n) is 5.77. The summed E-state index contributed by atoms with van der Waals surface area (Å²) in [7, 11) is -3.23. The molecule has 0 aliphatic carbocycles. The van der Waals surface area contributed by atoms with Crippen LogP contribution in [0.2, 0.25) is 0 Å². The molecule has 0 bridgehead atoms. The molecule has 0 atom stereocenters. The van der Waals surface area contributed by atoms with Gasteiger partial charge in [0.1, 0.15) is 6.61 Å². The highest BCUT2D eigenvalue weighted by Crippen LogP contribution is 2.22. The van der Waals surface area contributed by atoms with E-state index in [-0.39, 0.29) is 17.6 Å². The number of carbonyl (C=O) groups is 1. The predicted molar refractivity (Wildman–Crippen MR) is 127 cm³/mol. The highest BCUT2D eigenvalue weighted by Gasteiger charge is 2.24. The molecule has 0 spiro atoms. The van der Waals surface area contributed by atoms with Crippen molar-refractivity contribution in [1.82, 2.24) is 14.9 Å². The van der Waals surface area contributed by atoms with Crippen LogP contribution in [0.4, 0.5) is 4.79 Å². The Balaban J connectivity index is 1.21. The summed E-state index contributed by atoms with van der Waals surface area (Å²) in [6, 6.07) is 16.5. The number of carbonyl (C=O) groups excluding carboxylic acids is 1. The maximum Gasteiger partial charge on any atom is 0.410 e. The topological polar surface area (TPSA) is 98.7 Å². The van der Waals surface area contributed by atoms with Gasteiger partial charge in [0.2, 0.25) is 0 Å². The van der Waals surface area contributed by atoms with Crippen molar-refractivity contribution in [3.05, 3.63) is 72.6 Å². The maximum absolute atomic E-state index is 12.3. The highest BCUT2D eigenvalue weighted by atomic mass is 32.2. The second-order valence-electron chi connectivity index (χ2n) is 8.33. The second kappa shape index (κ2) is 10.6. The molecule has 8 nitrogen and oxygen atoms in total. The van der Waals surface area contributed by atoms with Crippen molar-refractivity contribution in [3.63, 3.8) is 0 Å². The molecule has 0 radical (unpaired) electrons. The number of piperidine rings is 1. The van der Waals surface area contributed by atoms with E-state index >= 15 is 0 Å². The van der Waals surface area contributed by atoms with E-state index in [0.29, 0.717) is 31.6 Å². The van der Waals surface area contributed by atoms with Gasteiger partial charge in [0.15, 0.2) is 9.84 Å². The molecule has 1 amide bonds. The van der Waals surface area contributed by atoms with E-state index in [1.54, 1.807) is 41.6 Å². The van der Waals surface area contributed by atoms with E-state index in [4.69, 9.17) is 9.47 Å². The minimum atomic E-state index is -3.23. The van der Waals surface area contributed by atoms with E-state index in [9.17, 15) is 13.2 Å². The van der Waals surface area contributed by atoms with Crippen molar-refractivity contribution < 1.29 is 22.7 Å². The fourth-order valence-corrected chi connectivity index (χ4v) is 4.35. The van der Waals surface area contributed by atoms with Crippen LogP contribution in [0.1, 0.15) is 18.4 Å². The van der Waals surface area contributed by atoms with Crippen LogP contribution in [0, 0.1) is 5.92 Å². The van der Waals surface area contributed by atoms with E-state index in [2.05, 4.69) is 9.97 Å². The third kappa shape index (κ3) is 6.32. The Labute approximate surface area is 199 Å². The molecular formula is C25H27N3O5S. The van der Waals surface area contributed by atoms with E-state index in [0.717, 1.165) is 29.5 Å². The van der Waals surface area contributed by atoms with Gasteiger partial charge in [0, 0.05) is 37.3 Å². The fraction of sp³-hybridized carbons (Fsp3) is 0.320. The predicted octanol–water partition coefficient (Wildman–Crippen LogP) is 3.97. The molecule has 3 aromatic rings. The monoisotopic (exact) mass is 481 g/mol. The van der Waals surface area contributed by atoms with E-state index in [1.807, 2.05) is 30.3 Å². The number of hydrogen-bond donors (Lipinski definition) is 0. The zero-order valence-electron chi connectivity index (χ0n) is 19.0. The van der Waals surface area contributed by atoms with Crippen LogP contribution in [0.3, 0.4) is 0 Å². The van der Waals surface area contributed by atoms with Crippen LogP contribution in [0.25, 0.3) is 11.1 Å². The minimum absolute atomic E-state index is 0.271. The smallest absolute Gasteiger partial charge is 0.410 e. The highest BCUT2D eigenvalue weighted by molar-refractivity contribution is 7.90. The van der Waals surface area contributed by atoms with E-state index < -0.39 is 9.84 Å². The number of nitrogens with zero attached hydrogens (tertiary/aromatic N) is 3. The van der Waals surface area contributed by atoms with Gasteiger partial charge in [0.05, 0.1) is 11.5 Å². The average molecular weight is 482 g/mol. The average Bonchev–Trinajstić information content (AvgIpc) is 2.87. The summed E-state index contributed by atoms with van der Waals surface area (Å²) in [5.74, 6) is 0.310. The van der Waals surface area contributed by atoms with Crippen molar-refractivity contribution in [3.8, 4) is 17.1 Å². The number of benzene rings is 2. The largest absolute Gasteiger partial charge is 0.463 e. The van der Waals surface area contributed by atoms with Crippen molar-refractivity contribution >= 4 is 15.9 Å². The minimum Gasteiger partial charge on any atom is -0.463 e. The summed E-state index contributed by atoms with van der Waals surface area (Å²) < 4.78 is 34.4. The Hall–Kier alpha value is -3.46. The number of rotatable bonds is 7. The second-order valence-corrected chi connectivity index (χ2v) is 10.3. The van der Waals surface area contributed by atoms with Crippen LogP contribution < -0.4 is 4.74 Å². The van der Waals surface area contributed by atoms with E-state index in [1.165, 1.54) is 6.26 Å². The van der Waals surface area contributed by atoms with Crippen molar-refractivity contribution in [2.75, 3.05) is 26.0 Å². The fourth-order valence-electron chi connectivity index (χ4n) is 3.72. The number of hydrogen-bond acceptors (Lipinski definition) is 7. The van der Waals surface area contributed by atoms with Gasteiger partial charge in [0.25, 0.3) is 0 Å². The number of aromatic nitrogens is 2. The molecule has 1 aliphatic heterocycles. The van der Waals surface area contributed by atoms with Gasteiger partial charge in [-0.15, -0.1) is 0 Å². The summed E-state index contributed by atoms with van der Waals surface area (Å²) in [6.45, 7) is 2.02. The zero-order chi connectivity index (χ0) is 24.0. The van der Waals surface area contributed by atoms with Gasteiger partial charge >= 0.3 is 12.1 Å². The molecule has 4 rings (SSSR count). The lowest BCUT2D eigenvalue weighted by molar-refractivity contribution is 0.0753. The molecular weight excluding hydrogens is 454 g/mol. The van der Waals surface area contributed by atoms with Crippen LogP contribution in [0.15, 0.2) is 71.9 Å². The normalized spacial score (nSPS) is 14.6. The molecule has 34 heavy (non-hydrogen) atoms. The van der Waals surface area contributed by atoms with Gasteiger partial charge in [-0.25, -0.2) is 23.2 Å². The SMILES string of the molecule is CS(=O)(=O)c1ccc(-c2cnc(OCC3CCN(C(=O)OCc4ccccc4)CC3)nc2)cc1. The number of ether oxygens (including phenoxy) is 2. The lowest BCUT2D eigenvalue weighted by Crippen LogP contribution is -2.40. The van der Waals surface area contributed by atoms with Crippen LogP contribution in [-0.4, -0.2) is 55.3 Å². The Kier molecular flexibility index (Phi) is 7.42. The van der Waals surface area contributed by atoms with Gasteiger partial charge in [-0.3, -0.25) is 0 Å². The van der Waals surface area contributed by atoms with Crippen LogP contribution in [0.5, 0.6) is 6.01 Å². The first-order valence-electron chi connectivity index (χ1n) is 11.1. The molecule has 0 unspecified atom stereocenters. The summed E-state index contributed by atoms with van der Waals surface area (Å²) in [5, 5.41) is 0. The molecule has 2 aromatic carbocycles. The Morgan fingerprint density at radius 1 is 0.971 bits per heavy atom. The lowest BCUT2D eigenvalue weighted by Gasteiger charge is -2.31. The quantitative estimate of drug-likeness (QED) is 0.503. The molecule has 178 valence electrons.